The van der Waals surface area contributed by atoms with E-state index in [9.17, 15) is 13.6 Å². The molecule has 14 heavy (non-hydrogen) atoms. The molecule has 1 rings (SSSR count). The highest BCUT2D eigenvalue weighted by Gasteiger charge is 2.32. The zero-order valence-electron chi connectivity index (χ0n) is 7.56. The van der Waals surface area contributed by atoms with E-state index in [2.05, 4.69) is 0 Å². The van der Waals surface area contributed by atoms with Crippen molar-refractivity contribution in [1.82, 2.24) is 0 Å². The van der Waals surface area contributed by atoms with Crippen LogP contribution in [-0.2, 0) is 10.7 Å². The van der Waals surface area contributed by atoms with E-state index in [1.807, 2.05) is 0 Å². The molecule has 0 fully saturated rings. The Bertz CT molecular complexity index is 332. The summed E-state index contributed by atoms with van der Waals surface area (Å²) in [6.07, 6.45) is -0.769. The van der Waals surface area contributed by atoms with Crippen molar-refractivity contribution in [3.63, 3.8) is 0 Å². The lowest BCUT2D eigenvalue weighted by Gasteiger charge is -2.14. The number of Topliss-reactive ketones (excluding diaryl/α,β-unsaturated/α-hetero) is 1. The summed E-state index contributed by atoms with van der Waals surface area (Å²) in [7, 11) is 0. The van der Waals surface area contributed by atoms with E-state index in [4.69, 9.17) is 11.6 Å². The van der Waals surface area contributed by atoms with Crippen LogP contribution < -0.4 is 0 Å². The molecular formula is C10H9ClF2O. The standard InChI is InChI=1S/C10H9ClF2O/c1-7(14)6-10(12,13)8-2-4-9(11)5-3-8/h2-5H,6H2,1H3. The van der Waals surface area contributed by atoms with Gasteiger partial charge in [-0.25, -0.2) is 8.78 Å². The molecule has 1 aromatic rings. The molecule has 0 aliphatic rings. The summed E-state index contributed by atoms with van der Waals surface area (Å²) in [5.74, 6) is -3.64. The minimum absolute atomic E-state index is 0.183. The molecule has 0 bridgehead atoms. The van der Waals surface area contributed by atoms with Crippen molar-refractivity contribution in [3.05, 3.63) is 34.9 Å². The number of ketones is 1. The van der Waals surface area contributed by atoms with Crippen LogP contribution >= 0.6 is 11.6 Å². The van der Waals surface area contributed by atoms with Crippen molar-refractivity contribution in [1.29, 1.82) is 0 Å². The summed E-state index contributed by atoms with van der Waals surface area (Å²) >= 11 is 5.56. The first-order chi connectivity index (χ1) is 6.42. The van der Waals surface area contributed by atoms with Crippen molar-refractivity contribution in [3.8, 4) is 0 Å². The van der Waals surface area contributed by atoms with Gasteiger partial charge in [0, 0.05) is 10.6 Å². The average Bonchev–Trinajstić information content (AvgIpc) is 2.02. The third kappa shape index (κ3) is 2.77. The van der Waals surface area contributed by atoms with Crippen LogP contribution in [0.2, 0.25) is 5.02 Å². The summed E-state index contributed by atoms with van der Waals surface area (Å²) in [5.41, 5.74) is -0.183. The maximum absolute atomic E-state index is 13.3. The third-order valence-corrected chi connectivity index (χ3v) is 1.99. The second kappa shape index (κ2) is 4.05. The fraction of sp³-hybridized carbons (Fsp3) is 0.300. The van der Waals surface area contributed by atoms with Crippen molar-refractivity contribution < 1.29 is 13.6 Å². The average molecular weight is 219 g/mol. The van der Waals surface area contributed by atoms with Crippen LogP contribution in [0.15, 0.2) is 24.3 Å². The lowest BCUT2D eigenvalue weighted by Crippen LogP contribution is -2.16. The first-order valence-electron chi connectivity index (χ1n) is 4.05. The van der Waals surface area contributed by atoms with Gasteiger partial charge < -0.3 is 0 Å². The molecule has 0 heterocycles. The highest BCUT2D eigenvalue weighted by molar-refractivity contribution is 6.30. The first kappa shape index (κ1) is 11.1. The highest BCUT2D eigenvalue weighted by Crippen LogP contribution is 2.32. The van der Waals surface area contributed by atoms with Gasteiger partial charge in [-0.2, -0.15) is 0 Å². The van der Waals surface area contributed by atoms with Crippen LogP contribution in [0.25, 0.3) is 0 Å². The fourth-order valence-electron chi connectivity index (χ4n) is 1.11. The SMILES string of the molecule is CC(=O)CC(F)(F)c1ccc(Cl)cc1. The molecule has 0 N–H and O–H groups in total. The number of halogens is 3. The van der Waals surface area contributed by atoms with Gasteiger partial charge >= 0.3 is 0 Å². The molecule has 0 unspecified atom stereocenters. The topological polar surface area (TPSA) is 17.1 Å². The van der Waals surface area contributed by atoms with Crippen LogP contribution in [-0.4, -0.2) is 5.78 Å². The fourth-order valence-corrected chi connectivity index (χ4v) is 1.23. The zero-order valence-corrected chi connectivity index (χ0v) is 8.31. The maximum atomic E-state index is 13.3. The van der Waals surface area contributed by atoms with Gasteiger partial charge in [-0.3, -0.25) is 4.79 Å². The minimum atomic E-state index is -3.10. The predicted octanol–water partition coefficient (Wildman–Crippen LogP) is 3.41. The Morgan fingerprint density at radius 1 is 1.36 bits per heavy atom. The molecule has 0 spiro atoms. The van der Waals surface area contributed by atoms with E-state index in [1.165, 1.54) is 24.3 Å². The molecule has 0 radical (unpaired) electrons. The third-order valence-electron chi connectivity index (χ3n) is 1.74. The molecule has 0 atom stereocenters. The van der Waals surface area contributed by atoms with Crippen molar-refractivity contribution >= 4 is 17.4 Å². The summed E-state index contributed by atoms with van der Waals surface area (Å²) in [4.78, 5) is 10.6. The molecule has 0 aliphatic carbocycles. The summed E-state index contributed by atoms with van der Waals surface area (Å²) < 4.78 is 26.5. The van der Waals surface area contributed by atoms with Crippen LogP contribution in [0.3, 0.4) is 0 Å². The molecule has 0 amide bonds. The van der Waals surface area contributed by atoms with E-state index < -0.39 is 18.1 Å². The Morgan fingerprint density at radius 2 is 1.86 bits per heavy atom. The number of alkyl halides is 2. The number of hydrogen-bond donors (Lipinski definition) is 0. The molecule has 0 aromatic heterocycles. The highest BCUT2D eigenvalue weighted by atomic mass is 35.5. The summed E-state index contributed by atoms with van der Waals surface area (Å²) in [5, 5.41) is 0.396. The van der Waals surface area contributed by atoms with Crippen molar-refractivity contribution in [2.45, 2.75) is 19.3 Å². The normalized spacial score (nSPS) is 11.4. The monoisotopic (exact) mass is 218 g/mol. The van der Waals surface area contributed by atoms with Gasteiger partial charge in [0.25, 0.3) is 5.92 Å². The number of hydrogen-bond acceptors (Lipinski definition) is 1. The van der Waals surface area contributed by atoms with E-state index in [0.717, 1.165) is 6.92 Å². The Kier molecular flexibility index (Phi) is 3.21. The van der Waals surface area contributed by atoms with Gasteiger partial charge in [0.2, 0.25) is 0 Å². The summed E-state index contributed by atoms with van der Waals surface area (Å²) in [6.45, 7) is 1.14. The van der Waals surface area contributed by atoms with Gasteiger partial charge in [0.1, 0.15) is 5.78 Å². The van der Waals surface area contributed by atoms with Crippen LogP contribution in [0.5, 0.6) is 0 Å². The van der Waals surface area contributed by atoms with Gasteiger partial charge in [-0.05, 0) is 19.1 Å². The van der Waals surface area contributed by atoms with Gasteiger partial charge in [-0.15, -0.1) is 0 Å². The molecule has 1 nitrogen and oxygen atoms in total. The molecule has 0 aliphatic heterocycles. The summed E-state index contributed by atoms with van der Waals surface area (Å²) in [6, 6.07) is 5.21. The maximum Gasteiger partial charge on any atom is 0.280 e. The Morgan fingerprint density at radius 3 is 2.29 bits per heavy atom. The predicted molar refractivity (Wildman–Crippen MR) is 50.6 cm³/mol. The Labute approximate surface area is 85.7 Å². The molecule has 4 heteroatoms. The van der Waals surface area contributed by atoms with Crippen LogP contribution in [0.1, 0.15) is 18.9 Å². The van der Waals surface area contributed by atoms with E-state index in [1.54, 1.807) is 0 Å². The largest absolute Gasteiger partial charge is 0.300 e. The molecule has 0 saturated carbocycles. The smallest absolute Gasteiger partial charge is 0.280 e. The molecule has 0 saturated heterocycles. The molecule has 76 valence electrons. The van der Waals surface area contributed by atoms with Crippen LogP contribution in [0, 0.1) is 0 Å². The quantitative estimate of drug-likeness (QED) is 0.760. The van der Waals surface area contributed by atoms with Crippen molar-refractivity contribution in [2.75, 3.05) is 0 Å². The lowest BCUT2D eigenvalue weighted by atomic mass is 10.0. The Balaban J connectivity index is 2.91. The zero-order chi connectivity index (χ0) is 10.8. The first-order valence-corrected chi connectivity index (χ1v) is 4.43. The van der Waals surface area contributed by atoms with Gasteiger partial charge in [-0.1, -0.05) is 23.7 Å². The van der Waals surface area contributed by atoms with Crippen LogP contribution in [0.4, 0.5) is 8.78 Å². The second-order valence-corrected chi connectivity index (χ2v) is 3.53. The lowest BCUT2D eigenvalue weighted by molar-refractivity contribution is -0.124. The Hall–Kier alpha value is -0.960. The van der Waals surface area contributed by atoms with Gasteiger partial charge in [0.15, 0.2) is 0 Å². The number of rotatable bonds is 3. The van der Waals surface area contributed by atoms with E-state index in [-0.39, 0.29) is 5.56 Å². The molecular weight excluding hydrogens is 210 g/mol. The van der Waals surface area contributed by atoms with Gasteiger partial charge in [0.05, 0.1) is 6.42 Å². The minimum Gasteiger partial charge on any atom is -0.300 e. The number of carbonyl (C=O) groups excluding carboxylic acids is 1. The van der Waals surface area contributed by atoms with E-state index >= 15 is 0 Å². The number of benzene rings is 1. The second-order valence-electron chi connectivity index (χ2n) is 3.09. The van der Waals surface area contributed by atoms with E-state index in [0.29, 0.717) is 5.02 Å². The number of carbonyl (C=O) groups is 1. The molecule has 1 aromatic carbocycles. The van der Waals surface area contributed by atoms with Crippen molar-refractivity contribution in [2.24, 2.45) is 0 Å².